The lowest BCUT2D eigenvalue weighted by molar-refractivity contribution is -0.271. The molecule has 2 rings (SSSR count). The van der Waals surface area contributed by atoms with E-state index in [4.69, 9.17) is 20.3 Å². The van der Waals surface area contributed by atoms with E-state index >= 15 is 0 Å². The zero-order chi connectivity index (χ0) is 20.4. The number of ether oxygens (including phenoxy) is 2. The predicted molar refractivity (Wildman–Crippen MR) is 93.8 cm³/mol. The van der Waals surface area contributed by atoms with Crippen molar-refractivity contribution in [1.29, 1.82) is 0 Å². The fourth-order valence-electron chi connectivity index (χ4n) is 3.15. The van der Waals surface area contributed by atoms with Crippen molar-refractivity contribution < 1.29 is 39.8 Å². The minimum absolute atomic E-state index is 0.195. The first kappa shape index (κ1) is 21.5. The third-order valence-corrected chi connectivity index (χ3v) is 5.11. The lowest BCUT2D eigenvalue weighted by Crippen LogP contribution is -2.61. The van der Waals surface area contributed by atoms with Gasteiger partial charge in [-0.2, -0.15) is 0 Å². The van der Waals surface area contributed by atoms with Crippen LogP contribution in [-0.2, 0) is 15.1 Å². The largest absolute Gasteiger partial charge is 0.479 e. The molecule has 1 fully saturated rings. The lowest BCUT2D eigenvalue weighted by Gasteiger charge is -2.38. The summed E-state index contributed by atoms with van der Waals surface area (Å²) in [7, 11) is 0. The van der Waals surface area contributed by atoms with E-state index in [9.17, 15) is 25.2 Å². The fraction of sp³-hybridized carbons (Fsp3) is 0.611. The van der Waals surface area contributed by atoms with Gasteiger partial charge in [0.1, 0.15) is 24.1 Å². The molecule has 9 heteroatoms. The third-order valence-electron chi connectivity index (χ3n) is 5.11. The van der Waals surface area contributed by atoms with Gasteiger partial charge < -0.3 is 40.7 Å². The highest BCUT2D eigenvalue weighted by molar-refractivity contribution is 5.73. The molecule has 7 N–H and O–H groups in total. The summed E-state index contributed by atoms with van der Waals surface area (Å²) < 4.78 is 10.6. The second-order valence-corrected chi connectivity index (χ2v) is 6.80. The summed E-state index contributed by atoms with van der Waals surface area (Å²) in [5.41, 5.74) is 5.04. The molecule has 1 heterocycles. The lowest BCUT2D eigenvalue weighted by atomic mass is 9.80. The number of benzene rings is 1. The van der Waals surface area contributed by atoms with Crippen molar-refractivity contribution in [1.82, 2.24) is 0 Å². The van der Waals surface area contributed by atoms with E-state index in [1.54, 1.807) is 18.2 Å². The number of carboxylic acid groups (broad SMARTS) is 1. The fourth-order valence-corrected chi connectivity index (χ4v) is 3.15. The molecule has 0 bridgehead atoms. The minimum atomic E-state index is -1.79. The second kappa shape index (κ2) is 8.51. The van der Waals surface area contributed by atoms with E-state index in [0.717, 1.165) is 0 Å². The number of hydrogen-bond donors (Lipinski definition) is 6. The van der Waals surface area contributed by atoms with Crippen molar-refractivity contribution in [2.45, 2.75) is 56.6 Å². The number of aliphatic hydroxyl groups is 4. The van der Waals surface area contributed by atoms with Crippen LogP contribution in [0.25, 0.3) is 0 Å². The normalized spacial score (nSPS) is 31.7. The van der Waals surface area contributed by atoms with Gasteiger partial charge in [0.25, 0.3) is 0 Å². The highest BCUT2D eigenvalue weighted by Crippen LogP contribution is 2.35. The van der Waals surface area contributed by atoms with Crippen LogP contribution >= 0.6 is 0 Å². The minimum Gasteiger partial charge on any atom is -0.479 e. The topological polar surface area (TPSA) is 163 Å². The molecule has 0 radical (unpaired) electrons. The Morgan fingerprint density at radius 3 is 2.52 bits per heavy atom. The summed E-state index contributed by atoms with van der Waals surface area (Å²) in [6.45, 7) is 3.91. The number of rotatable bonds is 7. The van der Waals surface area contributed by atoms with Gasteiger partial charge in [0, 0.05) is 5.92 Å². The molecule has 1 aliphatic rings. The summed E-state index contributed by atoms with van der Waals surface area (Å²) in [4.78, 5) is 11.2. The maximum Gasteiger partial charge on any atom is 0.335 e. The average molecular weight is 385 g/mol. The Morgan fingerprint density at radius 1 is 1.30 bits per heavy atom. The Balaban J connectivity index is 2.26. The molecular weight excluding hydrogens is 358 g/mol. The Bertz CT molecular complexity index is 656. The molecule has 0 saturated carbocycles. The van der Waals surface area contributed by atoms with Gasteiger partial charge in [-0.3, -0.25) is 0 Å². The molecular formula is C18H27NO8. The quantitative estimate of drug-likeness (QED) is 0.351. The molecule has 1 aliphatic heterocycles. The SMILES string of the molecule is CCC(O)(c1cccc(O[C@@H]2O[C@H](C(=O)O)[C@@H](O)[C@H](O)[C@H]2O)c1)C(C)CN. The molecule has 0 aliphatic carbocycles. The van der Waals surface area contributed by atoms with Crippen LogP contribution in [0.4, 0.5) is 0 Å². The predicted octanol–water partition coefficient (Wildman–Crippen LogP) is -0.850. The van der Waals surface area contributed by atoms with Crippen LogP contribution in [0.15, 0.2) is 24.3 Å². The smallest absolute Gasteiger partial charge is 0.335 e. The average Bonchev–Trinajstić information content (AvgIpc) is 2.66. The number of carboxylic acids is 1. The highest BCUT2D eigenvalue weighted by atomic mass is 16.7. The highest BCUT2D eigenvalue weighted by Gasteiger charge is 2.48. The van der Waals surface area contributed by atoms with Crippen molar-refractivity contribution in [3.63, 3.8) is 0 Å². The van der Waals surface area contributed by atoms with Crippen LogP contribution in [0, 0.1) is 5.92 Å². The van der Waals surface area contributed by atoms with Crippen molar-refractivity contribution in [3.05, 3.63) is 29.8 Å². The summed E-state index contributed by atoms with van der Waals surface area (Å²) in [5, 5.41) is 49.7. The van der Waals surface area contributed by atoms with E-state index in [1.807, 2.05) is 13.8 Å². The first-order valence-corrected chi connectivity index (χ1v) is 8.77. The Morgan fingerprint density at radius 2 is 1.96 bits per heavy atom. The van der Waals surface area contributed by atoms with Gasteiger partial charge in [-0.15, -0.1) is 0 Å². The Labute approximate surface area is 157 Å². The van der Waals surface area contributed by atoms with Gasteiger partial charge in [0.2, 0.25) is 6.29 Å². The van der Waals surface area contributed by atoms with Crippen molar-refractivity contribution >= 4 is 5.97 Å². The van der Waals surface area contributed by atoms with Gasteiger partial charge in [-0.25, -0.2) is 4.79 Å². The molecule has 27 heavy (non-hydrogen) atoms. The molecule has 152 valence electrons. The van der Waals surface area contributed by atoms with Crippen LogP contribution in [0.1, 0.15) is 25.8 Å². The van der Waals surface area contributed by atoms with E-state index in [-0.39, 0.29) is 18.2 Å². The van der Waals surface area contributed by atoms with Crippen LogP contribution in [0.2, 0.25) is 0 Å². The number of aliphatic carboxylic acids is 1. The monoisotopic (exact) mass is 385 g/mol. The van der Waals surface area contributed by atoms with Gasteiger partial charge in [0.05, 0.1) is 5.60 Å². The van der Waals surface area contributed by atoms with Gasteiger partial charge in [-0.05, 0) is 30.7 Å². The summed E-state index contributed by atoms with van der Waals surface area (Å²) in [6, 6.07) is 6.41. The first-order valence-electron chi connectivity index (χ1n) is 8.77. The summed E-state index contributed by atoms with van der Waals surface area (Å²) in [5.74, 6) is -1.53. The van der Waals surface area contributed by atoms with E-state index < -0.39 is 42.3 Å². The maximum atomic E-state index is 11.2. The van der Waals surface area contributed by atoms with Gasteiger partial charge >= 0.3 is 5.97 Å². The molecule has 1 saturated heterocycles. The first-order chi connectivity index (χ1) is 12.7. The zero-order valence-electron chi connectivity index (χ0n) is 15.2. The van der Waals surface area contributed by atoms with Crippen LogP contribution in [-0.4, -0.2) is 68.8 Å². The molecule has 1 aromatic carbocycles. The van der Waals surface area contributed by atoms with Crippen molar-refractivity contribution in [2.24, 2.45) is 11.7 Å². The number of carbonyl (C=O) groups is 1. The van der Waals surface area contributed by atoms with E-state index in [0.29, 0.717) is 12.0 Å². The molecule has 0 amide bonds. The number of hydrogen-bond acceptors (Lipinski definition) is 8. The molecule has 2 unspecified atom stereocenters. The standard InChI is InChI=1S/C18H27NO8/c1-3-18(25,9(2)8-19)10-5-4-6-11(7-10)26-17-14(22)12(20)13(21)15(27-17)16(23)24/h4-7,9,12-15,17,20-22,25H,3,8,19H2,1-2H3,(H,23,24)/t9?,12-,13-,14+,15-,17+,18?/m0/s1. The molecule has 1 aromatic rings. The van der Waals surface area contributed by atoms with Crippen molar-refractivity contribution in [2.75, 3.05) is 6.54 Å². The second-order valence-electron chi connectivity index (χ2n) is 6.80. The molecule has 9 nitrogen and oxygen atoms in total. The maximum absolute atomic E-state index is 11.2. The number of nitrogens with two attached hydrogens (primary N) is 1. The van der Waals surface area contributed by atoms with Gasteiger partial charge in [0.15, 0.2) is 6.10 Å². The van der Waals surface area contributed by atoms with Crippen LogP contribution in [0.5, 0.6) is 5.75 Å². The summed E-state index contributed by atoms with van der Waals surface area (Å²) in [6.07, 6.45) is -8.06. The molecule has 0 spiro atoms. The van der Waals surface area contributed by atoms with Crippen molar-refractivity contribution in [3.8, 4) is 5.75 Å². The van der Waals surface area contributed by atoms with Gasteiger partial charge in [-0.1, -0.05) is 26.0 Å². The Kier molecular flexibility index (Phi) is 6.79. The molecule has 7 atom stereocenters. The summed E-state index contributed by atoms with van der Waals surface area (Å²) >= 11 is 0. The third kappa shape index (κ3) is 4.23. The van der Waals surface area contributed by atoms with E-state index in [2.05, 4.69) is 0 Å². The van der Waals surface area contributed by atoms with E-state index in [1.165, 1.54) is 6.07 Å². The number of aliphatic hydroxyl groups excluding tert-OH is 3. The zero-order valence-corrected chi connectivity index (χ0v) is 15.2. The van der Waals surface area contributed by atoms with Crippen LogP contribution in [0.3, 0.4) is 0 Å². The Hall–Kier alpha value is -1.75. The molecule has 0 aromatic heterocycles. The van der Waals surface area contributed by atoms with Crippen LogP contribution < -0.4 is 10.5 Å².